The van der Waals surface area contributed by atoms with Crippen LogP contribution in [0.15, 0.2) is 18.2 Å². The first-order valence-corrected chi connectivity index (χ1v) is 6.82. The van der Waals surface area contributed by atoms with Crippen molar-refractivity contribution in [2.24, 2.45) is 0 Å². The molecule has 3 N–H and O–H groups in total. The molecular weight excluding hydrogens is 236 g/mol. The Morgan fingerprint density at radius 2 is 2.00 bits per heavy atom. The second kappa shape index (κ2) is 4.99. The molecule has 0 aliphatic rings. The predicted octanol–water partition coefficient (Wildman–Crippen LogP) is 3.03. The van der Waals surface area contributed by atoms with Crippen LogP contribution in [0.2, 0.25) is 0 Å². The number of rotatable bonds is 4. The van der Waals surface area contributed by atoms with E-state index in [2.05, 4.69) is 42.3 Å². The minimum Gasteiger partial charge on any atom is -0.389 e. The zero-order valence-corrected chi connectivity index (χ0v) is 12.5. The van der Waals surface area contributed by atoms with Gasteiger partial charge in [0, 0.05) is 29.2 Å². The number of aromatic amines is 1. The van der Waals surface area contributed by atoms with E-state index >= 15 is 0 Å². The zero-order chi connectivity index (χ0) is 14.2. The molecule has 3 nitrogen and oxygen atoms in total. The van der Waals surface area contributed by atoms with Crippen LogP contribution < -0.4 is 5.32 Å². The number of nitrogens with one attached hydrogen (secondary N) is 2. The summed E-state index contributed by atoms with van der Waals surface area (Å²) >= 11 is 0. The van der Waals surface area contributed by atoms with Gasteiger partial charge in [0.1, 0.15) is 0 Å². The Morgan fingerprint density at radius 1 is 1.32 bits per heavy atom. The minimum atomic E-state index is -0.704. The quantitative estimate of drug-likeness (QED) is 0.791. The molecule has 0 amide bonds. The summed E-state index contributed by atoms with van der Waals surface area (Å²) in [4.78, 5) is 3.38. The molecule has 2 aromatic rings. The molecule has 0 aliphatic carbocycles. The van der Waals surface area contributed by atoms with Crippen molar-refractivity contribution < 1.29 is 5.11 Å². The van der Waals surface area contributed by atoms with Gasteiger partial charge in [0.25, 0.3) is 0 Å². The Labute approximate surface area is 115 Å². The van der Waals surface area contributed by atoms with Gasteiger partial charge in [0.15, 0.2) is 0 Å². The van der Waals surface area contributed by atoms with Crippen molar-refractivity contribution in [3.05, 3.63) is 35.0 Å². The Hall–Kier alpha value is -1.32. The van der Waals surface area contributed by atoms with Crippen LogP contribution in [-0.4, -0.2) is 21.7 Å². The first kappa shape index (κ1) is 14.1. The lowest BCUT2D eigenvalue weighted by Gasteiger charge is -2.26. The number of hydrogen-bond donors (Lipinski definition) is 3. The van der Waals surface area contributed by atoms with E-state index in [4.69, 9.17) is 0 Å². The molecule has 3 heteroatoms. The molecule has 0 radical (unpaired) electrons. The number of hydrogen-bond acceptors (Lipinski definition) is 2. The molecule has 104 valence electrons. The maximum Gasteiger partial charge on any atom is 0.0741 e. The molecule has 0 fully saturated rings. The van der Waals surface area contributed by atoms with Crippen molar-refractivity contribution in [2.75, 3.05) is 0 Å². The van der Waals surface area contributed by atoms with Crippen molar-refractivity contribution in [3.63, 3.8) is 0 Å². The summed E-state index contributed by atoms with van der Waals surface area (Å²) < 4.78 is 0. The van der Waals surface area contributed by atoms with Crippen molar-refractivity contribution >= 4 is 10.9 Å². The van der Waals surface area contributed by atoms with Crippen LogP contribution in [0.5, 0.6) is 0 Å². The normalized spacial score (nSPS) is 14.0. The van der Waals surface area contributed by atoms with Gasteiger partial charge < -0.3 is 15.4 Å². The average Bonchev–Trinajstić information content (AvgIpc) is 2.61. The number of fused-ring (bicyclic) bond motifs is 1. The molecule has 0 spiro atoms. The number of benzene rings is 1. The molecule has 1 aromatic carbocycles. The number of aryl methyl sites for hydroxylation is 2. The van der Waals surface area contributed by atoms with Gasteiger partial charge in [0.05, 0.1) is 5.60 Å². The second-order valence-corrected chi connectivity index (χ2v) is 6.01. The monoisotopic (exact) mass is 260 g/mol. The van der Waals surface area contributed by atoms with E-state index in [9.17, 15) is 5.11 Å². The summed E-state index contributed by atoms with van der Waals surface area (Å²) in [6, 6.07) is 6.53. The summed E-state index contributed by atoms with van der Waals surface area (Å²) in [5.74, 6) is 0. The summed E-state index contributed by atoms with van der Waals surface area (Å²) in [6.45, 7) is 10.7. The van der Waals surface area contributed by atoms with Crippen LogP contribution in [-0.2, 0) is 6.54 Å². The fourth-order valence-electron chi connectivity index (χ4n) is 2.14. The number of H-pyrrole nitrogens is 1. The van der Waals surface area contributed by atoms with E-state index in [1.54, 1.807) is 0 Å². The lowest BCUT2D eigenvalue weighted by atomic mass is 10.0. The van der Waals surface area contributed by atoms with Gasteiger partial charge in [-0.05, 0) is 57.9 Å². The SMILES string of the molecule is Cc1[nH]c2ccc(CNC(C)C(C)(C)O)cc2c1C. The van der Waals surface area contributed by atoms with E-state index in [1.165, 1.54) is 27.7 Å². The van der Waals surface area contributed by atoms with Gasteiger partial charge in [-0.1, -0.05) is 6.07 Å². The third kappa shape index (κ3) is 2.99. The molecular formula is C16H24N2O. The summed E-state index contributed by atoms with van der Waals surface area (Å²) in [6.07, 6.45) is 0. The van der Waals surface area contributed by atoms with E-state index in [1.807, 2.05) is 20.8 Å². The lowest BCUT2D eigenvalue weighted by molar-refractivity contribution is 0.0437. The minimum absolute atomic E-state index is 0.0530. The van der Waals surface area contributed by atoms with Gasteiger partial charge in [-0.25, -0.2) is 0 Å². The highest BCUT2D eigenvalue weighted by Crippen LogP contribution is 2.22. The summed E-state index contributed by atoms with van der Waals surface area (Å²) in [7, 11) is 0. The van der Waals surface area contributed by atoms with Crippen molar-refractivity contribution in [1.82, 2.24) is 10.3 Å². The van der Waals surface area contributed by atoms with E-state index in [-0.39, 0.29) is 6.04 Å². The summed E-state index contributed by atoms with van der Waals surface area (Å²) in [5.41, 5.74) is 4.27. The van der Waals surface area contributed by atoms with Crippen molar-refractivity contribution in [1.29, 1.82) is 0 Å². The summed E-state index contributed by atoms with van der Waals surface area (Å²) in [5, 5.41) is 14.6. The maximum atomic E-state index is 9.92. The second-order valence-electron chi connectivity index (χ2n) is 6.01. The van der Waals surface area contributed by atoms with Gasteiger partial charge in [-0.2, -0.15) is 0 Å². The largest absolute Gasteiger partial charge is 0.389 e. The molecule has 0 saturated carbocycles. The Bertz CT molecular complexity index is 578. The molecule has 0 saturated heterocycles. The van der Waals surface area contributed by atoms with Crippen molar-refractivity contribution in [3.8, 4) is 0 Å². The third-order valence-electron chi connectivity index (χ3n) is 4.04. The van der Waals surface area contributed by atoms with Gasteiger partial charge in [0.2, 0.25) is 0 Å². The Kier molecular flexibility index (Phi) is 3.70. The van der Waals surface area contributed by atoms with Crippen LogP contribution in [0.1, 0.15) is 37.6 Å². The van der Waals surface area contributed by atoms with Crippen LogP contribution in [0.3, 0.4) is 0 Å². The first-order chi connectivity index (χ1) is 8.79. The van der Waals surface area contributed by atoms with E-state index in [0.29, 0.717) is 0 Å². The average molecular weight is 260 g/mol. The standard InChI is InChI=1S/C16H24N2O/c1-10-11(2)18-15-7-6-13(8-14(10)15)9-17-12(3)16(4,5)19/h6-8,12,17-19H,9H2,1-5H3. The fraction of sp³-hybridized carbons (Fsp3) is 0.500. The molecule has 0 bridgehead atoms. The molecule has 1 unspecified atom stereocenters. The van der Waals surface area contributed by atoms with Crippen LogP contribution >= 0.6 is 0 Å². The van der Waals surface area contributed by atoms with Crippen LogP contribution in [0, 0.1) is 13.8 Å². The van der Waals surface area contributed by atoms with Gasteiger partial charge >= 0.3 is 0 Å². The van der Waals surface area contributed by atoms with Gasteiger partial charge in [-0.15, -0.1) is 0 Å². The molecule has 2 rings (SSSR count). The number of aromatic nitrogens is 1. The highest BCUT2D eigenvalue weighted by Gasteiger charge is 2.21. The first-order valence-electron chi connectivity index (χ1n) is 6.82. The van der Waals surface area contributed by atoms with Crippen LogP contribution in [0.25, 0.3) is 10.9 Å². The van der Waals surface area contributed by atoms with Crippen molar-refractivity contribution in [2.45, 2.75) is 52.8 Å². The van der Waals surface area contributed by atoms with Crippen LogP contribution in [0.4, 0.5) is 0 Å². The fourth-order valence-corrected chi connectivity index (χ4v) is 2.14. The maximum absolute atomic E-state index is 9.92. The highest BCUT2D eigenvalue weighted by molar-refractivity contribution is 5.84. The molecule has 19 heavy (non-hydrogen) atoms. The molecule has 1 atom stereocenters. The predicted molar refractivity (Wildman–Crippen MR) is 80.4 cm³/mol. The Morgan fingerprint density at radius 3 is 2.63 bits per heavy atom. The highest BCUT2D eigenvalue weighted by atomic mass is 16.3. The topological polar surface area (TPSA) is 48.0 Å². The smallest absolute Gasteiger partial charge is 0.0741 e. The lowest BCUT2D eigenvalue weighted by Crippen LogP contribution is -2.44. The third-order valence-corrected chi connectivity index (χ3v) is 4.04. The van der Waals surface area contributed by atoms with E-state index in [0.717, 1.165) is 6.54 Å². The van der Waals surface area contributed by atoms with E-state index < -0.39 is 5.60 Å². The number of aliphatic hydroxyl groups is 1. The van der Waals surface area contributed by atoms with Gasteiger partial charge in [-0.3, -0.25) is 0 Å². The zero-order valence-electron chi connectivity index (χ0n) is 12.5. The molecule has 1 heterocycles. The Balaban J connectivity index is 2.16. The molecule has 1 aromatic heterocycles. The molecule has 0 aliphatic heterocycles.